The van der Waals surface area contributed by atoms with Crippen LogP contribution in [0.4, 0.5) is 11.6 Å². The summed E-state index contributed by atoms with van der Waals surface area (Å²) in [6.45, 7) is 1.58. The number of methoxy groups -OCH3 is 1. The molecule has 1 atom stereocenters. The van der Waals surface area contributed by atoms with Crippen molar-refractivity contribution >= 4 is 27.6 Å². The van der Waals surface area contributed by atoms with E-state index in [1.165, 1.54) is 0 Å². The molecule has 0 spiro atoms. The summed E-state index contributed by atoms with van der Waals surface area (Å²) in [5.74, 6) is 0.485. The smallest absolute Gasteiger partial charge is 0.380 e. The Kier molecular flexibility index (Phi) is 4.13. The second kappa shape index (κ2) is 5.62. The van der Waals surface area contributed by atoms with Crippen molar-refractivity contribution in [2.45, 2.75) is 18.9 Å². The Morgan fingerprint density at radius 1 is 1.61 bits per heavy atom. The van der Waals surface area contributed by atoms with Crippen LogP contribution >= 0.6 is 15.9 Å². The molecule has 7 heteroatoms. The van der Waals surface area contributed by atoms with Gasteiger partial charge in [0.1, 0.15) is 4.47 Å². The summed E-state index contributed by atoms with van der Waals surface area (Å²) in [4.78, 5) is 16.5. The molecule has 1 aromatic heterocycles. The van der Waals surface area contributed by atoms with Gasteiger partial charge in [-0.1, -0.05) is 0 Å². The van der Waals surface area contributed by atoms with E-state index >= 15 is 0 Å². The summed E-state index contributed by atoms with van der Waals surface area (Å²) in [7, 11) is 1.69. The number of aromatic nitrogens is 1. The molecule has 2 rings (SSSR count). The van der Waals surface area contributed by atoms with E-state index in [-0.39, 0.29) is 11.9 Å². The largest absolute Gasteiger partial charge is 0.380 e. The number of hydrogen-bond acceptors (Lipinski definition) is 5. The number of nitro groups is 1. The van der Waals surface area contributed by atoms with Crippen LogP contribution in [0.1, 0.15) is 12.8 Å². The standard InChI is InChI=1S/C11H14BrN3O3/c1-18-8-3-2-6-14(7-8)10-5-4-9(12)11(13-10)15(16)17/h4-5,8H,2-3,6-7H2,1H3/t8-/m0/s1. The third kappa shape index (κ3) is 2.78. The SMILES string of the molecule is CO[C@H]1CCCN(c2ccc(Br)c([N+](=O)[O-])n2)C1. The summed E-state index contributed by atoms with van der Waals surface area (Å²) in [5, 5.41) is 10.8. The van der Waals surface area contributed by atoms with Crippen LogP contribution in [0.2, 0.25) is 0 Å². The molecule has 6 nitrogen and oxygen atoms in total. The van der Waals surface area contributed by atoms with Crippen LogP contribution < -0.4 is 4.90 Å². The van der Waals surface area contributed by atoms with Gasteiger partial charge in [0.25, 0.3) is 0 Å². The monoisotopic (exact) mass is 315 g/mol. The molecule has 0 saturated carbocycles. The van der Waals surface area contributed by atoms with Crippen LogP contribution in [0.3, 0.4) is 0 Å². The maximum atomic E-state index is 10.8. The van der Waals surface area contributed by atoms with E-state index in [9.17, 15) is 10.1 Å². The summed E-state index contributed by atoms with van der Waals surface area (Å²) in [5.41, 5.74) is 0. The van der Waals surface area contributed by atoms with Gasteiger partial charge in [-0.3, -0.25) is 0 Å². The zero-order valence-electron chi connectivity index (χ0n) is 10.0. The van der Waals surface area contributed by atoms with Gasteiger partial charge in [-0.05, 0) is 44.7 Å². The fourth-order valence-electron chi connectivity index (χ4n) is 2.06. The predicted molar refractivity (Wildman–Crippen MR) is 70.8 cm³/mol. The second-order valence-electron chi connectivity index (χ2n) is 4.18. The van der Waals surface area contributed by atoms with Crippen molar-refractivity contribution < 1.29 is 9.66 Å². The van der Waals surface area contributed by atoms with Crippen LogP contribution in [0, 0.1) is 10.1 Å². The lowest BCUT2D eigenvalue weighted by molar-refractivity contribution is -0.390. The van der Waals surface area contributed by atoms with E-state index in [1.54, 1.807) is 19.2 Å². The highest BCUT2D eigenvalue weighted by atomic mass is 79.9. The number of nitrogens with zero attached hydrogens (tertiary/aromatic N) is 3. The summed E-state index contributed by atoms with van der Waals surface area (Å²) in [6, 6.07) is 3.45. The van der Waals surface area contributed by atoms with Crippen molar-refractivity contribution in [2.24, 2.45) is 0 Å². The highest BCUT2D eigenvalue weighted by Crippen LogP contribution is 2.27. The normalized spacial score (nSPS) is 19.9. The fourth-order valence-corrected chi connectivity index (χ4v) is 2.43. The average molecular weight is 316 g/mol. The molecule has 0 aromatic carbocycles. The number of pyridine rings is 1. The molecule has 0 N–H and O–H groups in total. The van der Waals surface area contributed by atoms with Gasteiger partial charge in [0.2, 0.25) is 5.82 Å². The maximum absolute atomic E-state index is 10.8. The molecule has 1 aromatic rings. The van der Waals surface area contributed by atoms with Gasteiger partial charge in [0.15, 0.2) is 0 Å². The van der Waals surface area contributed by atoms with Crippen molar-refractivity contribution in [3.63, 3.8) is 0 Å². The first-order valence-electron chi connectivity index (χ1n) is 5.70. The van der Waals surface area contributed by atoms with Crippen LogP contribution in [0.25, 0.3) is 0 Å². The molecule has 0 unspecified atom stereocenters. The molecule has 1 aliphatic rings. The highest BCUT2D eigenvalue weighted by Gasteiger charge is 2.25. The molecule has 18 heavy (non-hydrogen) atoms. The molecule has 1 saturated heterocycles. The first kappa shape index (κ1) is 13.2. The van der Waals surface area contributed by atoms with Crippen molar-refractivity contribution in [3.05, 3.63) is 26.7 Å². The molecule has 1 aliphatic heterocycles. The first-order chi connectivity index (χ1) is 8.61. The number of anilines is 1. The molecular formula is C11H14BrN3O3. The van der Waals surface area contributed by atoms with Gasteiger partial charge in [-0.15, -0.1) is 0 Å². The minimum atomic E-state index is -0.481. The van der Waals surface area contributed by atoms with Gasteiger partial charge in [0, 0.05) is 26.3 Å². The molecule has 2 heterocycles. The predicted octanol–water partition coefficient (Wildman–Crippen LogP) is 2.37. The zero-order chi connectivity index (χ0) is 13.1. The van der Waals surface area contributed by atoms with Crippen LogP contribution in [-0.2, 0) is 4.74 Å². The Bertz CT molecular complexity index is 455. The Morgan fingerprint density at radius 3 is 3.06 bits per heavy atom. The molecule has 1 fully saturated rings. The fraction of sp³-hybridized carbons (Fsp3) is 0.545. The topological polar surface area (TPSA) is 68.5 Å². The van der Waals surface area contributed by atoms with E-state index < -0.39 is 4.92 Å². The quantitative estimate of drug-likeness (QED) is 0.632. The third-order valence-electron chi connectivity index (χ3n) is 3.02. The van der Waals surface area contributed by atoms with Crippen molar-refractivity contribution in [1.29, 1.82) is 0 Å². The third-order valence-corrected chi connectivity index (χ3v) is 3.64. The number of hydrogen-bond donors (Lipinski definition) is 0. The van der Waals surface area contributed by atoms with Crippen LogP contribution in [-0.4, -0.2) is 36.2 Å². The van der Waals surface area contributed by atoms with E-state index in [2.05, 4.69) is 20.9 Å². The summed E-state index contributed by atoms with van der Waals surface area (Å²) >= 11 is 3.13. The van der Waals surface area contributed by atoms with Gasteiger partial charge in [0.05, 0.1) is 6.10 Å². The van der Waals surface area contributed by atoms with Crippen molar-refractivity contribution in [1.82, 2.24) is 4.98 Å². The summed E-state index contributed by atoms with van der Waals surface area (Å²) in [6.07, 6.45) is 2.19. The van der Waals surface area contributed by atoms with Gasteiger partial charge >= 0.3 is 5.82 Å². The van der Waals surface area contributed by atoms with Crippen molar-refractivity contribution in [2.75, 3.05) is 25.1 Å². The average Bonchev–Trinajstić information content (AvgIpc) is 2.39. The van der Waals surface area contributed by atoms with Gasteiger partial charge in [-0.2, -0.15) is 0 Å². The zero-order valence-corrected chi connectivity index (χ0v) is 11.6. The van der Waals surface area contributed by atoms with E-state index in [0.717, 1.165) is 25.9 Å². The van der Waals surface area contributed by atoms with E-state index in [4.69, 9.17) is 4.74 Å². The molecule has 0 radical (unpaired) electrons. The Morgan fingerprint density at radius 2 is 2.39 bits per heavy atom. The minimum absolute atomic E-state index is 0.146. The Labute approximate surface area is 113 Å². The lowest BCUT2D eigenvalue weighted by Crippen LogP contribution is -2.39. The maximum Gasteiger partial charge on any atom is 0.380 e. The van der Waals surface area contributed by atoms with Crippen molar-refractivity contribution in [3.8, 4) is 0 Å². The molecule has 0 aliphatic carbocycles. The molecule has 98 valence electrons. The van der Waals surface area contributed by atoms with Gasteiger partial charge in [-0.25, -0.2) is 0 Å². The summed E-state index contributed by atoms with van der Waals surface area (Å²) < 4.78 is 5.73. The highest BCUT2D eigenvalue weighted by molar-refractivity contribution is 9.10. The lowest BCUT2D eigenvalue weighted by Gasteiger charge is -2.30. The molecule has 0 amide bonds. The first-order valence-corrected chi connectivity index (χ1v) is 6.50. The van der Waals surface area contributed by atoms with Crippen LogP contribution in [0.15, 0.2) is 16.6 Å². The Hall–Kier alpha value is -1.21. The van der Waals surface area contributed by atoms with E-state index in [0.29, 0.717) is 10.3 Å². The van der Waals surface area contributed by atoms with E-state index in [1.807, 2.05) is 4.90 Å². The number of piperidine rings is 1. The molecular weight excluding hydrogens is 302 g/mol. The lowest BCUT2D eigenvalue weighted by atomic mass is 10.1. The molecule has 0 bridgehead atoms. The number of halogens is 1. The van der Waals surface area contributed by atoms with Gasteiger partial charge < -0.3 is 19.8 Å². The number of rotatable bonds is 3. The Balaban J connectivity index is 2.22. The second-order valence-corrected chi connectivity index (χ2v) is 5.03. The minimum Gasteiger partial charge on any atom is -0.380 e. The van der Waals surface area contributed by atoms with Crippen LogP contribution in [0.5, 0.6) is 0 Å². The number of ether oxygens (including phenoxy) is 1.